The van der Waals surface area contributed by atoms with Gasteiger partial charge < -0.3 is 19.7 Å². The van der Waals surface area contributed by atoms with Crippen molar-refractivity contribution in [3.8, 4) is 11.5 Å². The lowest BCUT2D eigenvalue weighted by molar-refractivity contribution is 0.297. The first-order valence-corrected chi connectivity index (χ1v) is 9.86. The number of ether oxygens (including phenoxy) is 2. The summed E-state index contributed by atoms with van der Waals surface area (Å²) in [5.41, 5.74) is 5.99. The lowest BCUT2D eigenvalue weighted by atomic mass is 9.99. The third-order valence-electron chi connectivity index (χ3n) is 4.71. The fraction of sp³-hybridized carbons (Fsp3) is 0.556. The van der Waals surface area contributed by atoms with Gasteiger partial charge in [-0.1, -0.05) is 18.0 Å². The van der Waals surface area contributed by atoms with Crippen LogP contribution in [0.1, 0.15) is 43.8 Å². The average Bonchev–Trinajstić information content (AvgIpc) is 3.20. The number of aryl methyl sites for hydroxylation is 1. The van der Waals surface area contributed by atoms with Crippen molar-refractivity contribution in [1.29, 1.82) is 0 Å². The fourth-order valence-electron chi connectivity index (χ4n) is 3.28. The molecule has 2 aromatic rings. The number of nitrogens with zero attached hydrogens (tertiary/aromatic N) is 2. The van der Waals surface area contributed by atoms with Crippen molar-refractivity contribution in [3.63, 3.8) is 0 Å². The van der Waals surface area contributed by atoms with E-state index in [1.165, 1.54) is 0 Å². The van der Waals surface area contributed by atoms with Crippen LogP contribution < -0.4 is 15.2 Å². The maximum Gasteiger partial charge on any atom is 0.227 e. The van der Waals surface area contributed by atoms with Gasteiger partial charge in [-0.05, 0) is 31.0 Å². The second-order valence-electron chi connectivity index (χ2n) is 6.63. The molecule has 6 nitrogen and oxygen atoms in total. The Morgan fingerprint density at radius 3 is 2.65 bits per heavy atom. The van der Waals surface area contributed by atoms with E-state index in [1.54, 1.807) is 11.8 Å². The van der Waals surface area contributed by atoms with Crippen LogP contribution in [0.5, 0.6) is 11.5 Å². The second kappa shape index (κ2) is 8.50. The third kappa shape index (κ3) is 4.27. The van der Waals surface area contributed by atoms with Crippen LogP contribution in [-0.4, -0.2) is 29.1 Å². The first-order valence-electron chi connectivity index (χ1n) is 8.87. The van der Waals surface area contributed by atoms with Crippen molar-refractivity contribution in [1.82, 2.24) is 10.1 Å². The molecular weight excluding hydrogens is 374 g/mol. The van der Waals surface area contributed by atoms with Gasteiger partial charge in [-0.2, -0.15) is 4.98 Å². The monoisotopic (exact) mass is 397 g/mol. The van der Waals surface area contributed by atoms with Crippen LogP contribution >= 0.6 is 24.2 Å². The van der Waals surface area contributed by atoms with Crippen LogP contribution in [0.3, 0.4) is 0 Å². The number of fused-ring (bicyclic) bond motifs is 1. The van der Waals surface area contributed by atoms with Crippen molar-refractivity contribution in [2.75, 3.05) is 19.0 Å². The highest BCUT2D eigenvalue weighted by Gasteiger charge is 2.35. The van der Waals surface area contributed by atoms with E-state index in [0.29, 0.717) is 24.9 Å². The molecule has 1 aliphatic carbocycles. The lowest BCUT2D eigenvalue weighted by Crippen LogP contribution is -2.34. The third-order valence-corrected chi connectivity index (χ3v) is 5.71. The minimum atomic E-state index is -0.386. The molecule has 0 radical (unpaired) electrons. The molecule has 0 atom stereocenters. The van der Waals surface area contributed by atoms with E-state index in [-0.39, 0.29) is 17.9 Å². The molecule has 0 amide bonds. The van der Waals surface area contributed by atoms with Crippen molar-refractivity contribution in [2.24, 2.45) is 5.73 Å². The molecule has 0 bridgehead atoms. The highest BCUT2D eigenvalue weighted by atomic mass is 35.5. The summed E-state index contributed by atoms with van der Waals surface area (Å²) in [7, 11) is 0. The molecule has 1 aromatic heterocycles. The number of thioether (sulfide) groups is 1. The summed E-state index contributed by atoms with van der Waals surface area (Å²) in [6.07, 6.45) is 5.80. The summed E-state index contributed by atoms with van der Waals surface area (Å²) in [5.74, 6) is 3.84. The average molecular weight is 398 g/mol. The number of aromatic nitrogens is 2. The first-order chi connectivity index (χ1) is 12.2. The fourth-order valence-corrected chi connectivity index (χ4v) is 4.14. The van der Waals surface area contributed by atoms with Gasteiger partial charge >= 0.3 is 0 Å². The molecule has 0 spiro atoms. The van der Waals surface area contributed by atoms with Crippen molar-refractivity contribution in [2.45, 2.75) is 49.0 Å². The normalized spacial score (nSPS) is 18.2. The molecule has 1 aromatic carbocycles. The molecule has 26 heavy (non-hydrogen) atoms. The molecule has 2 N–H and O–H groups in total. The van der Waals surface area contributed by atoms with Gasteiger partial charge in [-0.15, -0.1) is 24.2 Å². The minimum absolute atomic E-state index is 0. The summed E-state index contributed by atoms with van der Waals surface area (Å²) in [5, 5.41) is 4.11. The van der Waals surface area contributed by atoms with E-state index < -0.39 is 0 Å². The van der Waals surface area contributed by atoms with Crippen molar-refractivity contribution < 1.29 is 14.0 Å². The van der Waals surface area contributed by atoms with E-state index in [4.69, 9.17) is 19.7 Å². The molecule has 4 rings (SSSR count). The number of nitrogens with two attached hydrogens (primary N) is 1. The Morgan fingerprint density at radius 1 is 1.08 bits per heavy atom. The molecule has 0 saturated heterocycles. The Balaban J connectivity index is 0.00000196. The topological polar surface area (TPSA) is 83.4 Å². The molecule has 1 aliphatic heterocycles. The molecule has 0 unspecified atom stereocenters. The predicted octanol–water partition coefficient (Wildman–Crippen LogP) is 3.72. The SMILES string of the molecule is Cl.NC1(c2noc(CCSc3ccc4c(c3)OCCCO4)n2)CCCC1. The van der Waals surface area contributed by atoms with Gasteiger partial charge in [0.15, 0.2) is 17.3 Å². The Kier molecular flexibility index (Phi) is 6.32. The molecule has 1 saturated carbocycles. The van der Waals surface area contributed by atoms with Crippen LogP contribution in [0.15, 0.2) is 27.6 Å². The Labute approximate surface area is 163 Å². The van der Waals surface area contributed by atoms with Crippen molar-refractivity contribution >= 4 is 24.2 Å². The molecule has 8 heteroatoms. The van der Waals surface area contributed by atoms with Crippen LogP contribution in [-0.2, 0) is 12.0 Å². The van der Waals surface area contributed by atoms with E-state index in [9.17, 15) is 0 Å². The Hall–Kier alpha value is -1.44. The molecular formula is C18H24ClN3O3S. The number of rotatable bonds is 5. The zero-order chi connectivity index (χ0) is 17.1. The highest BCUT2D eigenvalue weighted by molar-refractivity contribution is 7.99. The van der Waals surface area contributed by atoms with E-state index in [0.717, 1.165) is 60.7 Å². The zero-order valence-electron chi connectivity index (χ0n) is 14.6. The maximum absolute atomic E-state index is 6.38. The maximum atomic E-state index is 6.38. The number of halogens is 1. The highest BCUT2D eigenvalue weighted by Crippen LogP contribution is 2.35. The van der Waals surface area contributed by atoms with E-state index in [1.807, 2.05) is 12.1 Å². The molecule has 1 fully saturated rings. The molecule has 2 aliphatic rings. The molecule has 2 heterocycles. The number of hydrogen-bond acceptors (Lipinski definition) is 7. The summed E-state index contributed by atoms with van der Waals surface area (Å²) >= 11 is 1.74. The quantitative estimate of drug-likeness (QED) is 0.769. The van der Waals surface area contributed by atoms with Crippen LogP contribution in [0, 0.1) is 0 Å². The zero-order valence-corrected chi connectivity index (χ0v) is 16.2. The minimum Gasteiger partial charge on any atom is -0.490 e. The predicted molar refractivity (Wildman–Crippen MR) is 102 cm³/mol. The summed E-state index contributed by atoms with van der Waals surface area (Å²) in [6.45, 7) is 1.41. The summed E-state index contributed by atoms with van der Waals surface area (Å²) < 4.78 is 16.8. The van der Waals surface area contributed by atoms with Gasteiger partial charge in [-0.3, -0.25) is 0 Å². The van der Waals surface area contributed by atoms with Crippen LogP contribution in [0.4, 0.5) is 0 Å². The smallest absolute Gasteiger partial charge is 0.227 e. The van der Waals surface area contributed by atoms with Crippen molar-refractivity contribution in [3.05, 3.63) is 29.9 Å². The van der Waals surface area contributed by atoms with Gasteiger partial charge in [-0.25, -0.2) is 0 Å². The number of hydrogen-bond donors (Lipinski definition) is 1. The van der Waals surface area contributed by atoms with Gasteiger partial charge in [0.05, 0.1) is 18.8 Å². The van der Waals surface area contributed by atoms with Gasteiger partial charge in [0.2, 0.25) is 5.89 Å². The number of benzene rings is 1. The summed E-state index contributed by atoms with van der Waals surface area (Å²) in [6, 6.07) is 6.08. The molecule has 142 valence electrons. The van der Waals surface area contributed by atoms with E-state index in [2.05, 4.69) is 16.2 Å². The Morgan fingerprint density at radius 2 is 1.85 bits per heavy atom. The second-order valence-corrected chi connectivity index (χ2v) is 7.80. The lowest BCUT2D eigenvalue weighted by Gasteiger charge is -2.17. The largest absolute Gasteiger partial charge is 0.490 e. The van der Waals surface area contributed by atoms with Crippen LogP contribution in [0.2, 0.25) is 0 Å². The van der Waals surface area contributed by atoms with Gasteiger partial charge in [0.25, 0.3) is 0 Å². The standard InChI is InChI=1S/C18H23N3O3S.ClH/c19-18(7-1-2-8-18)17-20-16(24-21-17)6-11-25-13-4-5-14-15(12-13)23-10-3-9-22-14;/h4-5,12H,1-3,6-11,19H2;1H. The summed E-state index contributed by atoms with van der Waals surface area (Å²) in [4.78, 5) is 5.67. The van der Waals surface area contributed by atoms with Crippen LogP contribution in [0.25, 0.3) is 0 Å². The van der Waals surface area contributed by atoms with Gasteiger partial charge in [0.1, 0.15) is 0 Å². The van der Waals surface area contributed by atoms with E-state index >= 15 is 0 Å². The van der Waals surface area contributed by atoms with Gasteiger partial charge in [0, 0.05) is 23.5 Å². The Bertz CT molecular complexity index is 734. The first kappa shape index (κ1) is 19.3.